The predicted molar refractivity (Wildman–Crippen MR) is 76.0 cm³/mol. The Morgan fingerprint density at radius 1 is 1.16 bits per heavy atom. The highest BCUT2D eigenvalue weighted by Crippen LogP contribution is 2.36. The molecular formula is C14H19ClO3S. The minimum Gasteiger partial charge on any atom is -0.392 e. The Morgan fingerprint density at radius 3 is 2.26 bits per heavy atom. The molecule has 1 aliphatic carbocycles. The highest BCUT2D eigenvalue weighted by Gasteiger charge is 2.42. The van der Waals surface area contributed by atoms with Crippen LogP contribution in [0.5, 0.6) is 0 Å². The van der Waals surface area contributed by atoms with Crippen LogP contribution in [0.4, 0.5) is 0 Å². The van der Waals surface area contributed by atoms with Crippen molar-refractivity contribution in [3.05, 3.63) is 29.3 Å². The van der Waals surface area contributed by atoms with Gasteiger partial charge in [-0.3, -0.25) is 0 Å². The van der Waals surface area contributed by atoms with Gasteiger partial charge < -0.3 is 5.11 Å². The fraction of sp³-hybridized carbons (Fsp3) is 0.571. The smallest absolute Gasteiger partial charge is 0.184 e. The molecule has 19 heavy (non-hydrogen) atoms. The summed E-state index contributed by atoms with van der Waals surface area (Å²) in [6.45, 7) is 3.95. The van der Waals surface area contributed by atoms with Crippen molar-refractivity contribution in [3.63, 3.8) is 0 Å². The predicted octanol–water partition coefficient (Wildman–Crippen LogP) is 2.91. The maximum absolute atomic E-state index is 12.6. The van der Waals surface area contributed by atoms with Crippen LogP contribution < -0.4 is 0 Å². The molecule has 1 N–H and O–H groups in total. The number of hydrogen-bond acceptors (Lipinski definition) is 3. The van der Waals surface area contributed by atoms with Crippen molar-refractivity contribution in [2.75, 3.05) is 0 Å². The lowest BCUT2D eigenvalue weighted by atomic mass is 9.81. The van der Waals surface area contributed by atoms with Crippen molar-refractivity contribution in [3.8, 4) is 0 Å². The lowest BCUT2D eigenvalue weighted by molar-refractivity contribution is 0.0843. The molecule has 1 aliphatic rings. The summed E-state index contributed by atoms with van der Waals surface area (Å²) in [5, 5.41) is 9.94. The van der Waals surface area contributed by atoms with E-state index >= 15 is 0 Å². The minimum atomic E-state index is -3.51. The average molecular weight is 303 g/mol. The second-order valence-corrected chi connectivity index (χ2v) is 8.13. The third-order valence-electron chi connectivity index (χ3n) is 3.86. The zero-order chi connectivity index (χ0) is 14.2. The van der Waals surface area contributed by atoms with Crippen molar-refractivity contribution >= 4 is 21.4 Å². The Labute approximate surface area is 119 Å². The summed E-state index contributed by atoms with van der Waals surface area (Å²) in [4.78, 5) is 0.238. The van der Waals surface area contributed by atoms with Gasteiger partial charge in [0, 0.05) is 5.02 Å². The van der Waals surface area contributed by atoms with Gasteiger partial charge in [0.1, 0.15) is 0 Å². The lowest BCUT2D eigenvalue weighted by Crippen LogP contribution is -2.44. The SMILES string of the molecule is CC1CC(C)C(S(=O)(=O)c2ccc(Cl)cc2)C(O)C1. The number of rotatable bonds is 2. The van der Waals surface area contributed by atoms with Gasteiger partial charge in [0.15, 0.2) is 9.84 Å². The summed E-state index contributed by atoms with van der Waals surface area (Å²) < 4.78 is 25.2. The second kappa shape index (κ2) is 5.43. The zero-order valence-corrected chi connectivity index (χ0v) is 12.7. The monoisotopic (exact) mass is 302 g/mol. The number of aliphatic hydroxyl groups excluding tert-OH is 1. The summed E-state index contributed by atoms with van der Waals surface area (Å²) >= 11 is 5.78. The van der Waals surface area contributed by atoms with Crippen LogP contribution in [-0.2, 0) is 9.84 Å². The van der Waals surface area contributed by atoms with Gasteiger partial charge in [-0.15, -0.1) is 0 Å². The first-order valence-corrected chi connectivity index (χ1v) is 8.42. The Balaban J connectivity index is 2.36. The van der Waals surface area contributed by atoms with Crippen molar-refractivity contribution in [2.24, 2.45) is 11.8 Å². The van der Waals surface area contributed by atoms with Gasteiger partial charge in [-0.25, -0.2) is 8.42 Å². The molecule has 0 aliphatic heterocycles. The summed E-state index contributed by atoms with van der Waals surface area (Å²) in [5.41, 5.74) is 0. The van der Waals surface area contributed by atoms with E-state index in [1.807, 2.05) is 13.8 Å². The first-order valence-electron chi connectivity index (χ1n) is 6.50. The molecule has 2 rings (SSSR count). The van der Waals surface area contributed by atoms with E-state index < -0.39 is 21.2 Å². The first kappa shape index (κ1) is 14.8. The van der Waals surface area contributed by atoms with Gasteiger partial charge in [0.05, 0.1) is 16.2 Å². The molecule has 0 radical (unpaired) electrons. The van der Waals surface area contributed by atoms with Gasteiger partial charge in [0.25, 0.3) is 0 Å². The summed E-state index contributed by atoms with van der Waals surface area (Å²) in [5.74, 6) is 0.320. The minimum absolute atomic E-state index is 0.0422. The van der Waals surface area contributed by atoms with E-state index in [1.165, 1.54) is 12.1 Å². The Bertz CT molecular complexity index is 526. The number of benzene rings is 1. The van der Waals surface area contributed by atoms with Crippen LogP contribution >= 0.6 is 11.6 Å². The largest absolute Gasteiger partial charge is 0.392 e. The van der Waals surface area contributed by atoms with Gasteiger partial charge >= 0.3 is 0 Å². The number of sulfone groups is 1. The molecule has 0 bridgehead atoms. The fourth-order valence-corrected chi connectivity index (χ4v) is 5.29. The third-order valence-corrected chi connectivity index (χ3v) is 6.54. The number of halogens is 1. The van der Waals surface area contributed by atoms with E-state index in [0.717, 1.165) is 6.42 Å². The van der Waals surface area contributed by atoms with E-state index in [2.05, 4.69) is 0 Å². The standard InChI is InChI=1S/C14H19ClO3S/c1-9-7-10(2)14(13(16)8-9)19(17,18)12-5-3-11(15)4-6-12/h3-6,9-10,13-14,16H,7-8H2,1-2H3. The maximum atomic E-state index is 12.6. The van der Waals surface area contributed by atoms with E-state index in [0.29, 0.717) is 17.4 Å². The molecule has 1 aromatic rings. The summed E-state index contributed by atoms with van der Waals surface area (Å²) in [6, 6.07) is 6.15. The molecular weight excluding hydrogens is 284 g/mol. The number of aliphatic hydroxyl groups is 1. The van der Waals surface area contributed by atoms with Crippen molar-refractivity contribution in [1.29, 1.82) is 0 Å². The lowest BCUT2D eigenvalue weighted by Gasteiger charge is -2.36. The van der Waals surface area contributed by atoms with Crippen LogP contribution in [0.3, 0.4) is 0 Å². The van der Waals surface area contributed by atoms with Crippen LogP contribution in [0.25, 0.3) is 0 Å². The maximum Gasteiger partial charge on any atom is 0.184 e. The molecule has 0 amide bonds. The first-order chi connectivity index (χ1) is 8.82. The molecule has 0 spiro atoms. The molecule has 1 saturated carbocycles. The average Bonchev–Trinajstić information content (AvgIpc) is 2.27. The van der Waals surface area contributed by atoms with Crippen molar-refractivity contribution in [1.82, 2.24) is 0 Å². The van der Waals surface area contributed by atoms with E-state index in [4.69, 9.17) is 11.6 Å². The van der Waals surface area contributed by atoms with Crippen LogP contribution in [0.1, 0.15) is 26.7 Å². The van der Waals surface area contributed by atoms with Gasteiger partial charge in [-0.05, 0) is 48.9 Å². The Morgan fingerprint density at radius 2 is 1.74 bits per heavy atom. The van der Waals surface area contributed by atoms with Crippen LogP contribution in [-0.4, -0.2) is 24.9 Å². The number of hydrogen-bond donors (Lipinski definition) is 1. The highest BCUT2D eigenvalue weighted by atomic mass is 35.5. The van der Waals surface area contributed by atoms with Crippen molar-refractivity contribution in [2.45, 2.75) is 42.9 Å². The Hall–Kier alpha value is -0.580. The van der Waals surface area contributed by atoms with Gasteiger partial charge in [0.2, 0.25) is 0 Å². The topological polar surface area (TPSA) is 54.4 Å². The third kappa shape index (κ3) is 2.96. The molecule has 0 saturated heterocycles. The molecule has 106 valence electrons. The van der Waals surface area contributed by atoms with Crippen molar-refractivity contribution < 1.29 is 13.5 Å². The molecule has 0 heterocycles. The Kier molecular flexibility index (Phi) is 4.23. The molecule has 5 heteroatoms. The molecule has 0 aromatic heterocycles. The molecule has 3 nitrogen and oxygen atoms in total. The molecule has 4 atom stereocenters. The summed E-state index contributed by atoms with van der Waals surface area (Å²) in [7, 11) is -3.51. The molecule has 4 unspecified atom stereocenters. The van der Waals surface area contributed by atoms with Gasteiger partial charge in [-0.2, -0.15) is 0 Å². The normalized spacial score (nSPS) is 32.2. The quantitative estimate of drug-likeness (QED) is 0.914. The second-order valence-electron chi connectivity index (χ2n) is 5.58. The summed E-state index contributed by atoms with van der Waals surface area (Å²) in [6.07, 6.45) is 0.579. The van der Waals surface area contributed by atoms with Crippen LogP contribution in [0, 0.1) is 11.8 Å². The zero-order valence-electron chi connectivity index (χ0n) is 11.1. The molecule has 1 aromatic carbocycles. The van der Waals surface area contributed by atoms with E-state index in [1.54, 1.807) is 12.1 Å². The highest BCUT2D eigenvalue weighted by molar-refractivity contribution is 7.92. The van der Waals surface area contributed by atoms with E-state index in [-0.39, 0.29) is 10.8 Å². The fourth-order valence-electron chi connectivity index (χ4n) is 3.08. The molecule has 1 fully saturated rings. The van der Waals surface area contributed by atoms with Gasteiger partial charge in [-0.1, -0.05) is 25.4 Å². The van der Waals surface area contributed by atoms with E-state index in [9.17, 15) is 13.5 Å². The van der Waals surface area contributed by atoms with Crippen LogP contribution in [0.2, 0.25) is 5.02 Å². The van der Waals surface area contributed by atoms with Crippen LogP contribution in [0.15, 0.2) is 29.2 Å².